The van der Waals surface area contributed by atoms with Gasteiger partial charge < -0.3 is 5.11 Å². The Morgan fingerprint density at radius 1 is 0.588 bits per heavy atom. The van der Waals surface area contributed by atoms with Crippen LogP contribution in [0.5, 0.6) is 5.75 Å². The van der Waals surface area contributed by atoms with E-state index in [1.807, 2.05) is 30.3 Å². The molecule has 68 heavy (non-hydrogen) atoms. The number of aromatic hydroxyl groups is 1. The summed E-state index contributed by atoms with van der Waals surface area (Å²) in [6.45, 7) is 25.2. The van der Waals surface area contributed by atoms with Crippen LogP contribution in [0, 0.1) is 13.8 Å². The van der Waals surface area contributed by atoms with E-state index in [1.165, 1.54) is 18.1 Å². The normalized spacial score (nSPS) is 13.6. The van der Waals surface area contributed by atoms with Crippen molar-refractivity contribution in [2.45, 2.75) is 106 Å². The van der Waals surface area contributed by atoms with Crippen LogP contribution in [-0.2, 0) is 10.8 Å². The van der Waals surface area contributed by atoms with E-state index in [1.54, 1.807) is 0 Å². The van der Waals surface area contributed by atoms with E-state index >= 15 is 0 Å². The Kier molecular flexibility index (Phi) is 9.99. The van der Waals surface area contributed by atoms with E-state index in [-0.39, 0.29) is 75.6 Å². The molecule has 7 aromatic carbocycles. The highest BCUT2D eigenvalue weighted by Gasteiger charge is 2.27. The lowest BCUT2D eigenvalue weighted by Gasteiger charge is -2.26. The fourth-order valence-corrected chi connectivity index (χ4v) is 9.22. The Morgan fingerprint density at radius 3 is 1.97 bits per heavy atom. The lowest BCUT2D eigenvalue weighted by Crippen LogP contribution is -2.13. The molecule has 2 heterocycles. The van der Waals surface area contributed by atoms with Crippen LogP contribution in [0.25, 0.3) is 83.9 Å². The molecule has 0 atom stereocenters. The molecule has 9 rings (SSSR count). The standard InChI is InChI=1S/C64H65N3O/c1-39(2)47-36-53(40(3)4)61(68)54(37-47)62-66-60-52(48-33-49(35-50(34-48)63(7,8)9)56-38-45(30-31-65-56)43-26-24-41(5)25-27-43)21-17-23-58(60)67(62)57-29-28-46(32-42(57)6)59-51(44-18-14-13-15-19-44)20-16-22-55(59)64(10,11)12/h13-40,68H,1-12H3/i24D,25D,26D,27D,30D,31D,38D. The Labute approximate surface area is 414 Å². The number of imidazole rings is 1. The number of aryl methyl sites for hydroxylation is 1. The van der Waals surface area contributed by atoms with Crippen molar-refractivity contribution in [3.05, 3.63) is 191 Å². The predicted molar refractivity (Wildman–Crippen MR) is 288 cm³/mol. The van der Waals surface area contributed by atoms with Gasteiger partial charge in [-0.05, 0) is 152 Å². The van der Waals surface area contributed by atoms with E-state index in [0.29, 0.717) is 22.5 Å². The monoisotopic (exact) mass is 899 g/mol. The number of phenols is 1. The molecule has 0 saturated heterocycles. The third-order valence-corrected chi connectivity index (χ3v) is 13.0. The lowest BCUT2D eigenvalue weighted by atomic mass is 9.78. The summed E-state index contributed by atoms with van der Waals surface area (Å²) >= 11 is 0. The largest absolute Gasteiger partial charge is 0.507 e. The zero-order chi connectivity index (χ0) is 54.3. The summed E-state index contributed by atoms with van der Waals surface area (Å²) in [7, 11) is 0. The Bertz CT molecular complexity index is 3720. The second-order valence-corrected chi connectivity index (χ2v) is 20.9. The number of para-hydroxylation sites is 1. The third-order valence-electron chi connectivity index (χ3n) is 13.0. The summed E-state index contributed by atoms with van der Waals surface area (Å²) in [6, 6.07) is 37.9. The van der Waals surface area contributed by atoms with Gasteiger partial charge in [-0.2, -0.15) is 0 Å². The first-order chi connectivity index (χ1) is 35.3. The van der Waals surface area contributed by atoms with E-state index < -0.39 is 17.6 Å². The highest BCUT2D eigenvalue weighted by Crippen LogP contribution is 2.45. The van der Waals surface area contributed by atoms with Crippen LogP contribution in [-0.4, -0.2) is 19.6 Å². The van der Waals surface area contributed by atoms with Gasteiger partial charge in [0.1, 0.15) is 11.6 Å². The molecule has 1 N–H and O–H groups in total. The van der Waals surface area contributed by atoms with Crippen molar-refractivity contribution in [2.24, 2.45) is 0 Å². The minimum Gasteiger partial charge on any atom is -0.507 e. The number of pyridine rings is 1. The summed E-state index contributed by atoms with van der Waals surface area (Å²) in [5, 5.41) is 12.4. The molecule has 0 aliphatic heterocycles. The van der Waals surface area contributed by atoms with Crippen molar-refractivity contribution >= 4 is 11.0 Å². The number of fused-ring (bicyclic) bond motifs is 1. The smallest absolute Gasteiger partial charge is 0.149 e. The number of benzene rings is 7. The molecule has 0 unspecified atom stereocenters. The van der Waals surface area contributed by atoms with Gasteiger partial charge in [0.05, 0.1) is 37.6 Å². The fraction of sp³-hybridized carbons (Fsp3) is 0.250. The van der Waals surface area contributed by atoms with E-state index in [4.69, 9.17) is 13.2 Å². The van der Waals surface area contributed by atoms with Crippen LogP contribution in [0.1, 0.15) is 124 Å². The van der Waals surface area contributed by atoms with E-state index in [2.05, 4.69) is 171 Å². The summed E-state index contributed by atoms with van der Waals surface area (Å²) in [6.07, 6.45) is -0.453. The van der Waals surface area contributed by atoms with E-state index in [9.17, 15) is 6.48 Å². The molecule has 342 valence electrons. The number of phenolic OH excluding ortho intramolecular Hbond substituents is 1. The van der Waals surface area contributed by atoms with Crippen molar-refractivity contribution in [3.8, 4) is 78.6 Å². The first-order valence-corrected chi connectivity index (χ1v) is 23.7. The highest BCUT2D eigenvalue weighted by atomic mass is 16.3. The maximum atomic E-state index is 12.4. The molecule has 0 amide bonds. The number of rotatable bonds is 9. The average molecular weight is 899 g/mol. The van der Waals surface area contributed by atoms with Crippen LogP contribution in [0.15, 0.2) is 158 Å². The number of hydrogen-bond donors (Lipinski definition) is 1. The zero-order valence-electron chi connectivity index (χ0n) is 48.4. The Balaban J connectivity index is 1.33. The maximum Gasteiger partial charge on any atom is 0.149 e. The quantitative estimate of drug-likeness (QED) is 0.157. The average Bonchev–Trinajstić information content (AvgIpc) is 3.75. The molecular formula is C64H65N3O. The molecule has 0 spiro atoms. The molecule has 0 radical (unpaired) electrons. The molecule has 0 saturated carbocycles. The van der Waals surface area contributed by atoms with Gasteiger partial charge in [-0.1, -0.05) is 178 Å². The molecule has 4 nitrogen and oxygen atoms in total. The lowest BCUT2D eigenvalue weighted by molar-refractivity contribution is 0.466. The SMILES string of the molecule is [2H]c1nc(-c2cc(-c3cccc4c3nc(-c3cc(C(C)C)cc(C(C)C)c3O)n4-c3ccc(-c4c(-c5ccccc5)cccc4C(C)(C)C)cc3C)cc(C(C)(C)C)c2)c([2H])c(-c2c([2H])c([2H])c(C)c([2H])c2[2H])c1[2H]. The van der Waals surface area contributed by atoms with Gasteiger partial charge in [0.15, 0.2) is 0 Å². The van der Waals surface area contributed by atoms with Crippen LogP contribution in [0.2, 0.25) is 0 Å². The Hall–Kier alpha value is -7.04. The van der Waals surface area contributed by atoms with Gasteiger partial charge in [-0.15, -0.1) is 0 Å². The minimum atomic E-state index is -0.453. The topological polar surface area (TPSA) is 50.9 Å². The molecule has 4 heteroatoms. The van der Waals surface area contributed by atoms with Crippen LogP contribution in [0.3, 0.4) is 0 Å². The predicted octanol–water partition coefficient (Wildman–Crippen LogP) is 17.6. The first-order valence-electron chi connectivity index (χ1n) is 27.2. The summed E-state index contributed by atoms with van der Waals surface area (Å²) < 4.78 is 64.6. The van der Waals surface area contributed by atoms with Gasteiger partial charge in [0.2, 0.25) is 0 Å². The fourth-order valence-electron chi connectivity index (χ4n) is 9.22. The maximum absolute atomic E-state index is 12.4. The van der Waals surface area contributed by atoms with Gasteiger partial charge in [-0.3, -0.25) is 9.55 Å². The molecule has 0 aliphatic carbocycles. The van der Waals surface area contributed by atoms with Crippen molar-refractivity contribution in [2.75, 3.05) is 0 Å². The van der Waals surface area contributed by atoms with Crippen molar-refractivity contribution < 1.29 is 14.7 Å². The second-order valence-electron chi connectivity index (χ2n) is 20.9. The van der Waals surface area contributed by atoms with Crippen molar-refractivity contribution in [1.82, 2.24) is 14.5 Å². The summed E-state index contributed by atoms with van der Waals surface area (Å²) in [5.41, 5.74) is 13.9. The highest BCUT2D eigenvalue weighted by molar-refractivity contribution is 5.97. The number of aromatic nitrogens is 3. The van der Waals surface area contributed by atoms with Gasteiger partial charge >= 0.3 is 0 Å². The molecule has 0 aliphatic rings. The van der Waals surface area contributed by atoms with Crippen LogP contribution >= 0.6 is 0 Å². The molecule has 0 fully saturated rings. The van der Waals surface area contributed by atoms with Gasteiger partial charge in [0.25, 0.3) is 0 Å². The first kappa shape index (κ1) is 38.0. The van der Waals surface area contributed by atoms with Gasteiger partial charge in [0, 0.05) is 17.3 Å². The third kappa shape index (κ3) is 8.81. The molecule has 9 aromatic rings. The number of hydrogen-bond acceptors (Lipinski definition) is 3. The molecule has 2 aromatic heterocycles. The Morgan fingerprint density at radius 2 is 1.29 bits per heavy atom. The van der Waals surface area contributed by atoms with Gasteiger partial charge in [-0.25, -0.2) is 4.98 Å². The van der Waals surface area contributed by atoms with Crippen LogP contribution < -0.4 is 0 Å². The zero-order valence-corrected chi connectivity index (χ0v) is 41.4. The second kappa shape index (κ2) is 17.9. The van der Waals surface area contributed by atoms with Crippen LogP contribution in [0.4, 0.5) is 0 Å². The van der Waals surface area contributed by atoms with E-state index in [0.717, 1.165) is 61.3 Å². The minimum absolute atomic E-state index is 0.0241. The molecule has 0 bridgehead atoms. The summed E-state index contributed by atoms with van der Waals surface area (Å²) in [5.74, 6) is 0.936. The summed E-state index contributed by atoms with van der Waals surface area (Å²) in [4.78, 5) is 10.1. The van der Waals surface area contributed by atoms with Crippen molar-refractivity contribution in [1.29, 1.82) is 0 Å². The number of nitrogens with zero attached hydrogens (tertiary/aromatic N) is 3. The molecular weight excluding hydrogens is 827 g/mol. The van der Waals surface area contributed by atoms with Crippen molar-refractivity contribution in [3.63, 3.8) is 0 Å².